The first-order valence-corrected chi connectivity index (χ1v) is 8.38. The van der Waals surface area contributed by atoms with Gasteiger partial charge in [0.15, 0.2) is 5.69 Å². The van der Waals surface area contributed by atoms with Gasteiger partial charge in [-0.2, -0.15) is 5.10 Å². The molecule has 0 radical (unpaired) electrons. The molecule has 2 fully saturated rings. The molecular weight excluding hydrogens is 296 g/mol. The standard InChI is InChI=1S/C16H22N4O3/c1-19-12-8-20(7-6-13(12)23-9-14(19)21)16(22)15-10-4-2-3-5-11(10)17-18-15/h12-13H,2-9H2,1H3,(H,17,18)/t12-,13-/m0/s1. The number of ether oxygens (including phenoxy) is 1. The highest BCUT2D eigenvalue weighted by atomic mass is 16.5. The molecule has 124 valence electrons. The average molecular weight is 318 g/mol. The van der Waals surface area contributed by atoms with Gasteiger partial charge in [0.25, 0.3) is 5.91 Å². The van der Waals surface area contributed by atoms with Gasteiger partial charge in [0, 0.05) is 31.4 Å². The van der Waals surface area contributed by atoms with Gasteiger partial charge in [-0.15, -0.1) is 0 Å². The summed E-state index contributed by atoms with van der Waals surface area (Å²) in [5.74, 6) is -0.0352. The Balaban J connectivity index is 1.53. The number of likely N-dealkylation sites (N-methyl/N-ethyl adjacent to an activating group) is 1. The van der Waals surface area contributed by atoms with E-state index in [4.69, 9.17) is 4.74 Å². The first-order chi connectivity index (χ1) is 11.1. The van der Waals surface area contributed by atoms with Crippen LogP contribution >= 0.6 is 0 Å². The third-order valence-electron chi connectivity index (χ3n) is 5.38. The van der Waals surface area contributed by atoms with Gasteiger partial charge in [-0.05, 0) is 32.1 Å². The largest absolute Gasteiger partial charge is 0.366 e. The normalized spacial score (nSPS) is 27.6. The van der Waals surface area contributed by atoms with Gasteiger partial charge in [0.05, 0.1) is 12.1 Å². The van der Waals surface area contributed by atoms with E-state index in [1.54, 1.807) is 11.9 Å². The molecular formula is C16H22N4O3. The predicted octanol–water partition coefficient (Wildman–Crippen LogP) is 0.360. The lowest BCUT2D eigenvalue weighted by Crippen LogP contribution is -2.61. The van der Waals surface area contributed by atoms with Crippen molar-refractivity contribution in [3.8, 4) is 0 Å². The number of hydrogen-bond donors (Lipinski definition) is 1. The van der Waals surface area contributed by atoms with Crippen LogP contribution in [0.3, 0.4) is 0 Å². The second-order valence-electron chi connectivity index (χ2n) is 6.70. The number of amides is 2. The fourth-order valence-corrected chi connectivity index (χ4v) is 3.93. The zero-order chi connectivity index (χ0) is 16.0. The summed E-state index contributed by atoms with van der Waals surface area (Å²) in [7, 11) is 1.80. The minimum absolute atomic E-state index is 0.0160. The summed E-state index contributed by atoms with van der Waals surface area (Å²) in [5.41, 5.74) is 2.78. The summed E-state index contributed by atoms with van der Waals surface area (Å²) < 4.78 is 5.62. The highest BCUT2D eigenvalue weighted by Crippen LogP contribution is 2.26. The molecule has 0 spiro atoms. The van der Waals surface area contributed by atoms with E-state index in [9.17, 15) is 9.59 Å². The Morgan fingerprint density at radius 2 is 2.17 bits per heavy atom. The van der Waals surface area contributed by atoms with Gasteiger partial charge in [-0.3, -0.25) is 14.7 Å². The lowest BCUT2D eigenvalue weighted by Gasteiger charge is -2.45. The quantitative estimate of drug-likeness (QED) is 0.811. The summed E-state index contributed by atoms with van der Waals surface area (Å²) >= 11 is 0. The van der Waals surface area contributed by atoms with Crippen LogP contribution in [0.2, 0.25) is 0 Å². The molecule has 2 aliphatic heterocycles. The van der Waals surface area contributed by atoms with Gasteiger partial charge in [-0.1, -0.05) is 0 Å². The van der Waals surface area contributed by atoms with E-state index < -0.39 is 0 Å². The average Bonchev–Trinajstić information content (AvgIpc) is 3.01. The fraction of sp³-hybridized carbons (Fsp3) is 0.688. The second kappa shape index (κ2) is 5.63. The van der Waals surface area contributed by atoms with Crippen molar-refractivity contribution in [3.05, 3.63) is 17.0 Å². The molecule has 2 amide bonds. The smallest absolute Gasteiger partial charge is 0.274 e. The first kappa shape index (κ1) is 14.7. The number of H-pyrrole nitrogens is 1. The van der Waals surface area contributed by atoms with E-state index in [0.717, 1.165) is 43.4 Å². The van der Waals surface area contributed by atoms with Gasteiger partial charge in [0.1, 0.15) is 6.61 Å². The number of aryl methyl sites for hydroxylation is 1. The Kier molecular flexibility index (Phi) is 3.60. The second-order valence-corrected chi connectivity index (χ2v) is 6.70. The van der Waals surface area contributed by atoms with Crippen LogP contribution in [0, 0.1) is 0 Å². The Labute approximate surface area is 135 Å². The number of rotatable bonds is 1. The molecule has 2 atom stereocenters. The lowest BCUT2D eigenvalue weighted by atomic mass is 9.94. The number of likely N-dealkylation sites (tertiary alicyclic amines) is 1. The number of piperidine rings is 1. The number of carbonyl (C=O) groups excluding carboxylic acids is 2. The highest BCUT2D eigenvalue weighted by molar-refractivity contribution is 5.94. The monoisotopic (exact) mass is 318 g/mol. The van der Waals surface area contributed by atoms with Gasteiger partial charge < -0.3 is 14.5 Å². The van der Waals surface area contributed by atoms with Crippen LogP contribution in [0.5, 0.6) is 0 Å². The summed E-state index contributed by atoms with van der Waals surface area (Å²) in [4.78, 5) is 28.3. The van der Waals surface area contributed by atoms with Gasteiger partial charge >= 0.3 is 0 Å². The predicted molar refractivity (Wildman–Crippen MR) is 82.0 cm³/mol. The molecule has 1 N–H and O–H groups in total. The number of hydrogen-bond acceptors (Lipinski definition) is 4. The topological polar surface area (TPSA) is 78.5 Å². The zero-order valence-corrected chi connectivity index (χ0v) is 13.4. The third kappa shape index (κ3) is 2.43. The maximum absolute atomic E-state index is 12.9. The van der Waals surface area contributed by atoms with Crippen molar-refractivity contribution in [3.63, 3.8) is 0 Å². The number of aromatic nitrogens is 2. The van der Waals surface area contributed by atoms with Crippen molar-refractivity contribution >= 4 is 11.8 Å². The van der Waals surface area contributed by atoms with Crippen LogP contribution in [0.25, 0.3) is 0 Å². The maximum Gasteiger partial charge on any atom is 0.274 e. The molecule has 1 aliphatic carbocycles. The van der Waals surface area contributed by atoms with E-state index in [2.05, 4.69) is 10.2 Å². The fourth-order valence-electron chi connectivity index (χ4n) is 3.93. The highest BCUT2D eigenvalue weighted by Gasteiger charge is 2.40. The molecule has 4 rings (SSSR count). The first-order valence-electron chi connectivity index (χ1n) is 8.38. The third-order valence-corrected chi connectivity index (χ3v) is 5.38. The number of morpholine rings is 1. The molecule has 7 nitrogen and oxygen atoms in total. The molecule has 2 saturated heterocycles. The molecule has 3 aliphatic rings. The summed E-state index contributed by atoms with van der Waals surface area (Å²) in [6.45, 7) is 1.33. The number of carbonyl (C=O) groups is 2. The van der Waals surface area contributed by atoms with Crippen LogP contribution in [-0.4, -0.2) is 70.7 Å². The molecule has 23 heavy (non-hydrogen) atoms. The minimum atomic E-state index is -0.0521. The Bertz CT molecular complexity index is 641. The number of aromatic amines is 1. The van der Waals surface area contributed by atoms with Crippen LogP contribution in [-0.2, 0) is 22.4 Å². The van der Waals surface area contributed by atoms with Crippen molar-refractivity contribution in [2.45, 2.75) is 44.2 Å². The van der Waals surface area contributed by atoms with Crippen molar-refractivity contribution in [1.82, 2.24) is 20.0 Å². The lowest BCUT2D eigenvalue weighted by molar-refractivity contribution is -0.159. The van der Waals surface area contributed by atoms with Gasteiger partial charge in [-0.25, -0.2) is 0 Å². The van der Waals surface area contributed by atoms with Crippen molar-refractivity contribution in [1.29, 1.82) is 0 Å². The SMILES string of the molecule is CN1C(=O)CO[C@H]2CCN(C(=O)c3n[nH]c4c3CCCC4)C[C@@H]21. The molecule has 7 heteroatoms. The molecule has 0 unspecified atom stereocenters. The van der Waals surface area contributed by atoms with E-state index in [1.807, 2.05) is 4.90 Å². The number of fused-ring (bicyclic) bond motifs is 2. The van der Waals surface area contributed by atoms with Gasteiger partial charge in [0.2, 0.25) is 5.91 Å². The summed E-state index contributed by atoms with van der Waals surface area (Å²) in [6.07, 6.45) is 4.97. The molecule has 1 aromatic rings. The summed E-state index contributed by atoms with van der Waals surface area (Å²) in [5, 5.41) is 7.31. The molecule has 3 heterocycles. The van der Waals surface area contributed by atoms with Crippen LogP contribution in [0.4, 0.5) is 0 Å². The van der Waals surface area contributed by atoms with E-state index in [-0.39, 0.29) is 30.6 Å². The zero-order valence-electron chi connectivity index (χ0n) is 13.4. The van der Waals surface area contributed by atoms with Crippen molar-refractivity contribution < 1.29 is 14.3 Å². The van der Waals surface area contributed by atoms with Crippen molar-refractivity contribution in [2.75, 3.05) is 26.7 Å². The van der Waals surface area contributed by atoms with Crippen molar-refractivity contribution in [2.24, 2.45) is 0 Å². The molecule has 1 aromatic heterocycles. The summed E-state index contributed by atoms with van der Waals surface area (Å²) in [6, 6.07) is -0.0521. The Morgan fingerprint density at radius 3 is 3.04 bits per heavy atom. The molecule has 0 aromatic carbocycles. The molecule has 0 bridgehead atoms. The molecule has 0 saturated carbocycles. The van der Waals surface area contributed by atoms with Crippen LogP contribution in [0.15, 0.2) is 0 Å². The van der Waals surface area contributed by atoms with E-state index >= 15 is 0 Å². The number of nitrogens with one attached hydrogen (secondary N) is 1. The van der Waals surface area contributed by atoms with E-state index in [1.165, 1.54) is 0 Å². The van der Waals surface area contributed by atoms with Crippen LogP contribution < -0.4 is 0 Å². The minimum Gasteiger partial charge on any atom is -0.366 e. The number of nitrogens with zero attached hydrogens (tertiary/aromatic N) is 3. The maximum atomic E-state index is 12.9. The van der Waals surface area contributed by atoms with Crippen LogP contribution in [0.1, 0.15) is 41.0 Å². The Hall–Kier alpha value is -1.89. The Morgan fingerprint density at radius 1 is 1.35 bits per heavy atom. The van der Waals surface area contributed by atoms with E-state index in [0.29, 0.717) is 18.8 Å².